The molecule has 2 heterocycles. The average molecular weight is 404 g/mol. The number of benzene rings is 1. The van der Waals surface area contributed by atoms with Crippen LogP contribution < -0.4 is 9.47 Å². The summed E-state index contributed by atoms with van der Waals surface area (Å²) >= 11 is 1.43. The zero-order valence-electron chi connectivity index (χ0n) is 16.6. The first-order valence-corrected chi connectivity index (χ1v) is 10.0. The van der Waals surface area contributed by atoms with E-state index in [9.17, 15) is 9.59 Å². The molecule has 0 saturated carbocycles. The Balaban J connectivity index is 2.15. The number of methoxy groups -OCH3 is 2. The van der Waals surface area contributed by atoms with E-state index in [0.29, 0.717) is 41.0 Å². The van der Waals surface area contributed by atoms with E-state index in [-0.39, 0.29) is 11.2 Å². The molecule has 7 nitrogen and oxygen atoms in total. The van der Waals surface area contributed by atoms with Gasteiger partial charge in [-0.05, 0) is 38.0 Å². The van der Waals surface area contributed by atoms with Crippen LogP contribution in [-0.4, -0.2) is 48.0 Å². The summed E-state index contributed by atoms with van der Waals surface area (Å²) in [4.78, 5) is 31.7. The van der Waals surface area contributed by atoms with Gasteiger partial charge < -0.3 is 14.2 Å². The molecule has 0 aliphatic carbocycles. The van der Waals surface area contributed by atoms with Crippen molar-refractivity contribution in [3.05, 3.63) is 35.0 Å². The quantitative estimate of drug-likeness (QED) is 0.677. The van der Waals surface area contributed by atoms with Gasteiger partial charge in [0, 0.05) is 0 Å². The van der Waals surface area contributed by atoms with Crippen molar-refractivity contribution in [1.29, 1.82) is 0 Å². The van der Waals surface area contributed by atoms with Crippen molar-refractivity contribution < 1.29 is 23.8 Å². The van der Waals surface area contributed by atoms with E-state index in [4.69, 9.17) is 14.2 Å². The zero-order valence-corrected chi connectivity index (χ0v) is 17.5. The standard InChI is InChI=1S/C20H24N2O5S/c1-6-15-18(23)22-17(12-8-9-13(27-7-2)14(10-12)25-4)16(19(24)26-5)11(3)21-20(22)28-15/h8-10,15,17H,6-7H2,1-5H3/t15-,17+/m0/s1. The summed E-state index contributed by atoms with van der Waals surface area (Å²) in [5, 5.41) is 0.399. The van der Waals surface area contributed by atoms with Crippen LogP contribution in [0.4, 0.5) is 0 Å². The van der Waals surface area contributed by atoms with E-state index >= 15 is 0 Å². The summed E-state index contributed by atoms with van der Waals surface area (Å²) < 4.78 is 16.1. The van der Waals surface area contributed by atoms with Gasteiger partial charge in [0.2, 0.25) is 5.91 Å². The number of allylic oxidation sites excluding steroid dienone is 1. The molecule has 3 rings (SSSR count). The van der Waals surface area contributed by atoms with Gasteiger partial charge in [-0.3, -0.25) is 9.69 Å². The maximum absolute atomic E-state index is 13.0. The smallest absolute Gasteiger partial charge is 0.338 e. The molecule has 0 unspecified atom stereocenters. The number of hydrogen-bond acceptors (Lipinski definition) is 7. The average Bonchev–Trinajstić information content (AvgIpc) is 3.02. The van der Waals surface area contributed by atoms with Gasteiger partial charge in [0.1, 0.15) is 0 Å². The second kappa shape index (κ2) is 8.26. The highest BCUT2D eigenvalue weighted by atomic mass is 32.2. The first-order valence-electron chi connectivity index (χ1n) is 9.14. The number of amidine groups is 1. The molecule has 1 aromatic carbocycles. The summed E-state index contributed by atoms with van der Waals surface area (Å²) in [6.45, 7) is 6.12. The lowest BCUT2D eigenvalue weighted by atomic mass is 9.94. The summed E-state index contributed by atoms with van der Waals surface area (Å²) in [7, 11) is 2.88. The van der Waals surface area contributed by atoms with E-state index in [2.05, 4.69) is 4.99 Å². The lowest BCUT2D eigenvalue weighted by Crippen LogP contribution is -2.40. The Hall–Kier alpha value is -2.48. The predicted octanol–water partition coefficient (Wildman–Crippen LogP) is 3.31. The van der Waals surface area contributed by atoms with Crippen LogP contribution in [0.3, 0.4) is 0 Å². The highest BCUT2D eigenvalue weighted by molar-refractivity contribution is 8.15. The van der Waals surface area contributed by atoms with Crippen molar-refractivity contribution in [3.8, 4) is 11.5 Å². The second-order valence-electron chi connectivity index (χ2n) is 6.35. The molecule has 8 heteroatoms. The van der Waals surface area contributed by atoms with Crippen molar-refractivity contribution >= 4 is 28.8 Å². The Kier molecular flexibility index (Phi) is 5.98. The summed E-state index contributed by atoms with van der Waals surface area (Å²) in [5.74, 6) is 0.581. The molecule has 1 amide bonds. The summed E-state index contributed by atoms with van der Waals surface area (Å²) in [6, 6.07) is 4.81. The lowest BCUT2D eigenvalue weighted by Gasteiger charge is -2.33. The first-order chi connectivity index (χ1) is 13.5. The van der Waals surface area contributed by atoms with E-state index in [1.165, 1.54) is 18.9 Å². The third-order valence-corrected chi connectivity index (χ3v) is 6.05. The Morgan fingerprint density at radius 3 is 2.61 bits per heavy atom. The van der Waals surface area contributed by atoms with Crippen LogP contribution in [0, 0.1) is 0 Å². The van der Waals surface area contributed by atoms with E-state index in [0.717, 1.165) is 5.56 Å². The number of carbonyl (C=O) groups is 2. The minimum atomic E-state index is -0.624. The number of aliphatic imine (C=N–C) groups is 1. The van der Waals surface area contributed by atoms with Crippen molar-refractivity contribution in [1.82, 2.24) is 4.90 Å². The SMILES string of the molecule is CCOc1ccc([C@@H]2C(C(=O)OC)=C(C)N=C3S[C@@H](CC)C(=O)N32)cc1OC. The number of thioether (sulfide) groups is 1. The largest absolute Gasteiger partial charge is 0.493 e. The van der Waals surface area contributed by atoms with Crippen LogP contribution >= 0.6 is 11.8 Å². The monoisotopic (exact) mass is 404 g/mol. The van der Waals surface area contributed by atoms with Crippen molar-refractivity contribution in [3.63, 3.8) is 0 Å². The minimum Gasteiger partial charge on any atom is -0.493 e. The summed E-state index contributed by atoms with van der Waals surface area (Å²) in [5.41, 5.74) is 1.63. The van der Waals surface area contributed by atoms with Crippen LogP contribution in [0.1, 0.15) is 38.8 Å². The van der Waals surface area contributed by atoms with Crippen LogP contribution in [0.2, 0.25) is 0 Å². The molecule has 0 bridgehead atoms. The third kappa shape index (κ3) is 3.37. The minimum absolute atomic E-state index is 0.0574. The number of nitrogens with zero attached hydrogens (tertiary/aromatic N) is 2. The molecule has 0 aromatic heterocycles. The molecular formula is C20H24N2O5S. The second-order valence-corrected chi connectivity index (χ2v) is 7.52. The van der Waals surface area contributed by atoms with Crippen LogP contribution in [0.25, 0.3) is 0 Å². The molecule has 1 aromatic rings. The van der Waals surface area contributed by atoms with Crippen molar-refractivity contribution in [2.75, 3.05) is 20.8 Å². The normalized spacial score (nSPS) is 21.4. The van der Waals surface area contributed by atoms with E-state index in [1.807, 2.05) is 19.9 Å². The number of carbonyl (C=O) groups excluding carboxylic acids is 2. The Morgan fingerprint density at radius 2 is 2.00 bits per heavy atom. The fourth-order valence-corrected chi connectivity index (χ4v) is 4.54. The third-order valence-electron chi connectivity index (χ3n) is 4.73. The highest BCUT2D eigenvalue weighted by Gasteiger charge is 2.47. The van der Waals surface area contributed by atoms with Crippen LogP contribution in [0.5, 0.6) is 11.5 Å². The molecule has 2 aliphatic rings. The molecule has 2 atom stereocenters. The van der Waals surface area contributed by atoms with E-state index in [1.54, 1.807) is 31.1 Å². The molecule has 150 valence electrons. The fourth-order valence-electron chi connectivity index (χ4n) is 3.40. The number of rotatable bonds is 6. The Labute approximate surface area is 168 Å². The Morgan fingerprint density at radius 1 is 1.25 bits per heavy atom. The molecule has 1 saturated heterocycles. The van der Waals surface area contributed by atoms with Gasteiger partial charge in [-0.25, -0.2) is 9.79 Å². The van der Waals surface area contributed by atoms with E-state index < -0.39 is 12.0 Å². The maximum atomic E-state index is 13.0. The van der Waals surface area contributed by atoms with Gasteiger partial charge in [0.15, 0.2) is 16.7 Å². The van der Waals surface area contributed by atoms with Crippen molar-refractivity contribution in [2.45, 2.75) is 38.5 Å². The number of hydrogen-bond donors (Lipinski definition) is 0. The lowest BCUT2D eigenvalue weighted by molar-refractivity contribution is -0.137. The van der Waals surface area contributed by atoms with Gasteiger partial charge in [-0.15, -0.1) is 0 Å². The van der Waals surface area contributed by atoms with Crippen LogP contribution in [0.15, 0.2) is 34.5 Å². The molecule has 2 aliphatic heterocycles. The maximum Gasteiger partial charge on any atom is 0.338 e. The van der Waals surface area contributed by atoms with Gasteiger partial charge in [-0.1, -0.05) is 24.8 Å². The predicted molar refractivity (Wildman–Crippen MR) is 108 cm³/mol. The highest BCUT2D eigenvalue weighted by Crippen LogP contribution is 2.45. The molecule has 28 heavy (non-hydrogen) atoms. The molecule has 0 radical (unpaired) electrons. The molecule has 1 fully saturated rings. The molecule has 0 N–H and O–H groups in total. The van der Waals surface area contributed by atoms with Gasteiger partial charge >= 0.3 is 5.97 Å². The first kappa shape index (κ1) is 20.3. The summed E-state index contributed by atoms with van der Waals surface area (Å²) in [6.07, 6.45) is 0.685. The topological polar surface area (TPSA) is 77.4 Å². The van der Waals surface area contributed by atoms with Gasteiger partial charge in [0.25, 0.3) is 0 Å². The Bertz CT molecular complexity index is 864. The number of amides is 1. The number of fused-ring (bicyclic) bond motifs is 1. The molecular weight excluding hydrogens is 380 g/mol. The van der Waals surface area contributed by atoms with Crippen LogP contribution in [-0.2, 0) is 14.3 Å². The molecule has 0 spiro atoms. The fraction of sp³-hybridized carbons (Fsp3) is 0.450. The van der Waals surface area contributed by atoms with Gasteiger partial charge in [0.05, 0.1) is 43.4 Å². The van der Waals surface area contributed by atoms with Crippen molar-refractivity contribution in [2.24, 2.45) is 4.99 Å². The van der Waals surface area contributed by atoms with Gasteiger partial charge in [-0.2, -0.15) is 0 Å². The zero-order chi connectivity index (χ0) is 20.4. The number of esters is 1. The number of ether oxygens (including phenoxy) is 3.